The second-order valence-electron chi connectivity index (χ2n) is 7.03. The molecular weight excluding hydrogens is 385 g/mol. The maximum Gasteiger partial charge on any atom is 0.232 e. The molecule has 0 radical (unpaired) electrons. The van der Waals surface area contributed by atoms with Gasteiger partial charge in [0, 0.05) is 43.6 Å². The first kappa shape index (κ1) is 19.8. The van der Waals surface area contributed by atoms with Gasteiger partial charge in [0.05, 0.1) is 13.7 Å². The van der Waals surface area contributed by atoms with Crippen LogP contribution in [-0.4, -0.2) is 53.1 Å². The summed E-state index contributed by atoms with van der Waals surface area (Å²) in [6.45, 7) is 4.13. The van der Waals surface area contributed by atoms with Gasteiger partial charge in [-0.2, -0.15) is 15.0 Å². The van der Waals surface area contributed by atoms with E-state index in [1.165, 1.54) is 12.1 Å². The Balaban J connectivity index is 1.37. The van der Waals surface area contributed by atoms with Crippen LogP contribution in [0, 0.1) is 5.82 Å². The van der Waals surface area contributed by atoms with Crippen molar-refractivity contribution in [3.8, 4) is 5.75 Å². The number of hydrogen-bond donors (Lipinski definition) is 2. The van der Waals surface area contributed by atoms with E-state index in [9.17, 15) is 4.39 Å². The van der Waals surface area contributed by atoms with Crippen molar-refractivity contribution in [3.05, 3.63) is 60.2 Å². The maximum absolute atomic E-state index is 13.1. The van der Waals surface area contributed by atoms with Crippen LogP contribution in [0.4, 0.5) is 27.7 Å². The van der Waals surface area contributed by atoms with Crippen molar-refractivity contribution in [3.63, 3.8) is 0 Å². The maximum atomic E-state index is 13.1. The SMILES string of the molecule is COc1cccc(N2CCN(Cc3nc(N)nc(Nc4ccc(F)cc4)n3)CC2)c1. The quantitative estimate of drug-likeness (QED) is 0.642. The van der Waals surface area contributed by atoms with Gasteiger partial charge in [-0.25, -0.2) is 4.39 Å². The lowest BCUT2D eigenvalue weighted by Crippen LogP contribution is -2.46. The Hall–Kier alpha value is -3.46. The molecule has 8 nitrogen and oxygen atoms in total. The third-order valence-corrected chi connectivity index (χ3v) is 4.96. The number of rotatable bonds is 6. The highest BCUT2D eigenvalue weighted by Gasteiger charge is 2.19. The molecule has 1 saturated heterocycles. The van der Waals surface area contributed by atoms with E-state index in [4.69, 9.17) is 10.5 Å². The van der Waals surface area contributed by atoms with Crippen molar-refractivity contribution < 1.29 is 9.13 Å². The monoisotopic (exact) mass is 409 g/mol. The molecule has 30 heavy (non-hydrogen) atoms. The van der Waals surface area contributed by atoms with Crippen LogP contribution in [0.3, 0.4) is 0 Å². The number of ether oxygens (including phenoxy) is 1. The number of halogens is 1. The Morgan fingerprint density at radius 2 is 1.80 bits per heavy atom. The first-order valence-corrected chi connectivity index (χ1v) is 9.73. The van der Waals surface area contributed by atoms with Crippen molar-refractivity contribution in [2.75, 3.05) is 49.2 Å². The normalized spacial score (nSPS) is 14.5. The number of piperazine rings is 1. The number of nitrogens with one attached hydrogen (secondary N) is 1. The summed E-state index contributed by atoms with van der Waals surface area (Å²) in [7, 11) is 1.68. The molecule has 3 N–H and O–H groups in total. The fourth-order valence-electron chi connectivity index (χ4n) is 3.40. The molecule has 0 bridgehead atoms. The van der Waals surface area contributed by atoms with Crippen LogP contribution in [0.5, 0.6) is 5.75 Å². The van der Waals surface area contributed by atoms with E-state index in [1.807, 2.05) is 12.1 Å². The lowest BCUT2D eigenvalue weighted by molar-refractivity contribution is 0.244. The van der Waals surface area contributed by atoms with Crippen LogP contribution in [0.25, 0.3) is 0 Å². The van der Waals surface area contributed by atoms with Gasteiger partial charge in [0.1, 0.15) is 17.4 Å². The summed E-state index contributed by atoms with van der Waals surface area (Å²) in [6, 6.07) is 14.1. The first-order chi connectivity index (χ1) is 14.6. The summed E-state index contributed by atoms with van der Waals surface area (Å²) >= 11 is 0. The Kier molecular flexibility index (Phi) is 5.89. The van der Waals surface area contributed by atoms with Gasteiger partial charge in [0.25, 0.3) is 0 Å². The molecule has 1 aliphatic rings. The largest absolute Gasteiger partial charge is 0.497 e. The fraction of sp³-hybridized carbons (Fsp3) is 0.286. The lowest BCUT2D eigenvalue weighted by atomic mass is 10.2. The van der Waals surface area contributed by atoms with Crippen molar-refractivity contribution in [1.82, 2.24) is 19.9 Å². The molecule has 1 aliphatic heterocycles. The minimum absolute atomic E-state index is 0.152. The number of nitrogens with two attached hydrogens (primary N) is 1. The Labute approximate surface area is 174 Å². The van der Waals surface area contributed by atoms with E-state index < -0.39 is 0 Å². The Morgan fingerprint density at radius 3 is 2.53 bits per heavy atom. The molecule has 0 aliphatic carbocycles. The summed E-state index contributed by atoms with van der Waals surface area (Å²) in [4.78, 5) is 17.5. The number of nitrogen functional groups attached to an aromatic ring is 1. The standard InChI is InChI=1S/C21H24FN7O/c1-30-18-4-2-3-17(13-18)29-11-9-28(10-12-29)14-19-25-20(23)27-21(26-19)24-16-7-5-15(22)6-8-16/h2-8,13H,9-12,14H2,1H3,(H3,23,24,25,26,27). The number of aromatic nitrogens is 3. The van der Waals surface area contributed by atoms with Gasteiger partial charge in [-0.3, -0.25) is 4.90 Å². The molecule has 0 amide bonds. The van der Waals surface area contributed by atoms with Crippen LogP contribution in [0.15, 0.2) is 48.5 Å². The number of benzene rings is 2. The van der Waals surface area contributed by atoms with E-state index in [0.717, 1.165) is 37.6 Å². The van der Waals surface area contributed by atoms with Gasteiger partial charge in [-0.15, -0.1) is 0 Å². The van der Waals surface area contributed by atoms with Crippen molar-refractivity contribution in [2.45, 2.75) is 6.54 Å². The molecule has 3 aromatic rings. The Bertz CT molecular complexity index is 991. The average molecular weight is 409 g/mol. The molecule has 0 saturated carbocycles. The van der Waals surface area contributed by atoms with Crippen LogP contribution in [-0.2, 0) is 6.54 Å². The lowest BCUT2D eigenvalue weighted by Gasteiger charge is -2.35. The fourth-order valence-corrected chi connectivity index (χ4v) is 3.40. The third kappa shape index (κ3) is 4.93. The van der Waals surface area contributed by atoms with Crippen molar-refractivity contribution in [2.24, 2.45) is 0 Å². The minimum atomic E-state index is -0.301. The minimum Gasteiger partial charge on any atom is -0.497 e. The van der Waals surface area contributed by atoms with Gasteiger partial charge in [0.15, 0.2) is 0 Å². The molecule has 4 rings (SSSR count). The molecule has 2 aromatic carbocycles. The van der Waals surface area contributed by atoms with E-state index in [1.54, 1.807) is 19.2 Å². The van der Waals surface area contributed by atoms with Crippen LogP contribution in [0.2, 0.25) is 0 Å². The molecule has 156 valence electrons. The van der Waals surface area contributed by atoms with Gasteiger partial charge < -0.3 is 20.7 Å². The second kappa shape index (κ2) is 8.91. The molecule has 1 fully saturated rings. The van der Waals surface area contributed by atoms with Gasteiger partial charge in [0.2, 0.25) is 11.9 Å². The highest BCUT2D eigenvalue weighted by Crippen LogP contribution is 2.22. The Morgan fingerprint density at radius 1 is 1.03 bits per heavy atom. The average Bonchev–Trinajstić information content (AvgIpc) is 2.75. The molecule has 0 atom stereocenters. The van der Waals surface area contributed by atoms with Gasteiger partial charge in [-0.1, -0.05) is 6.07 Å². The highest BCUT2D eigenvalue weighted by atomic mass is 19.1. The molecular formula is C21H24FN7O. The topological polar surface area (TPSA) is 92.4 Å². The van der Waals surface area contributed by atoms with Gasteiger partial charge in [-0.05, 0) is 36.4 Å². The summed E-state index contributed by atoms with van der Waals surface area (Å²) < 4.78 is 18.4. The zero-order valence-corrected chi connectivity index (χ0v) is 16.8. The van der Waals surface area contributed by atoms with E-state index in [0.29, 0.717) is 24.0 Å². The van der Waals surface area contributed by atoms with E-state index in [2.05, 4.69) is 42.2 Å². The smallest absolute Gasteiger partial charge is 0.232 e. The molecule has 1 aromatic heterocycles. The van der Waals surface area contributed by atoms with E-state index >= 15 is 0 Å². The first-order valence-electron chi connectivity index (χ1n) is 9.73. The predicted molar refractivity (Wildman–Crippen MR) is 114 cm³/mol. The highest BCUT2D eigenvalue weighted by molar-refractivity contribution is 5.53. The molecule has 2 heterocycles. The predicted octanol–water partition coefficient (Wildman–Crippen LogP) is 2.67. The third-order valence-electron chi connectivity index (χ3n) is 4.96. The molecule has 9 heteroatoms. The summed E-state index contributed by atoms with van der Waals surface area (Å²) in [5.74, 6) is 1.65. The van der Waals surface area contributed by atoms with Crippen molar-refractivity contribution in [1.29, 1.82) is 0 Å². The second-order valence-corrected chi connectivity index (χ2v) is 7.03. The van der Waals surface area contributed by atoms with Crippen LogP contribution < -0.4 is 20.7 Å². The summed E-state index contributed by atoms with van der Waals surface area (Å²) in [5, 5.41) is 3.04. The molecule has 0 unspecified atom stereocenters. The number of hydrogen-bond acceptors (Lipinski definition) is 8. The zero-order chi connectivity index (χ0) is 20.9. The number of anilines is 4. The van der Waals surface area contributed by atoms with Gasteiger partial charge >= 0.3 is 0 Å². The molecule has 0 spiro atoms. The van der Waals surface area contributed by atoms with E-state index in [-0.39, 0.29) is 11.8 Å². The number of nitrogens with zero attached hydrogens (tertiary/aromatic N) is 5. The summed E-state index contributed by atoms with van der Waals surface area (Å²) in [5.41, 5.74) is 7.70. The number of methoxy groups -OCH3 is 1. The zero-order valence-electron chi connectivity index (χ0n) is 16.8. The van der Waals surface area contributed by atoms with Crippen molar-refractivity contribution >= 4 is 23.3 Å². The van der Waals surface area contributed by atoms with Crippen LogP contribution in [0.1, 0.15) is 5.82 Å². The summed E-state index contributed by atoms with van der Waals surface area (Å²) in [6.07, 6.45) is 0. The van der Waals surface area contributed by atoms with Crippen LogP contribution >= 0.6 is 0 Å².